The van der Waals surface area contributed by atoms with Gasteiger partial charge in [-0.15, -0.1) is 0 Å². The number of anilines is 4. The standard InChI is InChI=1S/C14H14N4O/c1-8-11(16)3-5-13(17-8)18-12-4-2-10(15)6-9(12)7-14(18)19/h2-6H,7,15-16H2,1H3. The van der Waals surface area contributed by atoms with Crippen molar-refractivity contribution in [2.24, 2.45) is 0 Å². The minimum atomic E-state index is -0.00253. The van der Waals surface area contributed by atoms with Gasteiger partial charge >= 0.3 is 0 Å². The molecule has 1 aromatic heterocycles. The van der Waals surface area contributed by atoms with Crippen LogP contribution in [0.15, 0.2) is 30.3 Å². The lowest BCUT2D eigenvalue weighted by atomic mass is 10.1. The zero-order chi connectivity index (χ0) is 13.6. The van der Waals surface area contributed by atoms with Gasteiger partial charge in [0.25, 0.3) is 0 Å². The van der Waals surface area contributed by atoms with Crippen molar-refractivity contribution in [3.8, 4) is 0 Å². The molecule has 96 valence electrons. The molecule has 1 aromatic carbocycles. The van der Waals surface area contributed by atoms with E-state index in [9.17, 15) is 4.79 Å². The summed E-state index contributed by atoms with van der Waals surface area (Å²) in [6.07, 6.45) is 0.353. The third-order valence-electron chi connectivity index (χ3n) is 3.28. The lowest BCUT2D eigenvalue weighted by molar-refractivity contribution is -0.116. The second-order valence-electron chi connectivity index (χ2n) is 4.64. The number of carbonyl (C=O) groups is 1. The fourth-order valence-electron chi connectivity index (χ4n) is 2.28. The van der Waals surface area contributed by atoms with Crippen LogP contribution < -0.4 is 16.4 Å². The molecular weight excluding hydrogens is 240 g/mol. The summed E-state index contributed by atoms with van der Waals surface area (Å²) in [4.78, 5) is 18.1. The van der Waals surface area contributed by atoms with Crippen LogP contribution in [0, 0.1) is 6.92 Å². The molecule has 1 aliphatic heterocycles. The van der Waals surface area contributed by atoms with Crippen molar-refractivity contribution in [1.29, 1.82) is 0 Å². The molecule has 0 saturated heterocycles. The molecule has 0 unspecified atom stereocenters. The number of fused-ring (bicyclic) bond motifs is 1. The summed E-state index contributed by atoms with van der Waals surface area (Å²) in [6.45, 7) is 1.82. The Morgan fingerprint density at radius 1 is 1.21 bits per heavy atom. The van der Waals surface area contributed by atoms with Gasteiger partial charge in [-0.1, -0.05) is 0 Å². The summed E-state index contributed by atoms with van der Waals surface area (Å²) in [5, 5.41) is 0. The Balaban J connectivity index is 2.11. The fourth-order valence-corrected chi connectivity index (χ4v) is 2.28. The van der Waals surface area contributed by atoms with E-state index in [4.69, 9.17) is 11.5 Å². The highest BCUT2D eigenvalue weighted by Gasteiger charge is 2.29. The second-order valence-corrected chi connectivity index (χ2v) is 4.64. The largest absolute Gasteiger partial charge is 0.399 e. The molecule has 0 atom stereocenters. The Labute approximate surface area is 110 Å². The molecule has 0 radical (unpaired) electrons. The van der Waals surface area contributed by atoms with Crippen molar-refractivity contribution < 1.29 is 4.79 Å². The number of carbonyl (C=O) groups excluding carboxylic acids is 1. The van der Waals surface area contributed by atoms with E-state index in [1.165, 1.54) is 0 Å². The van der Waals surface area contributed by atoms with E-state index in [-0.39, 0.29) is 5.91 Å². The SMILES string of the molecule is Cc1nc(N2C(=O)Cc3cc(N)ccc32)ccc1N. The number of amides is 1. The lowest BCUT2D eigenvalue weighted by Gasteiger charge is -2.17. The monoisotopic (exact) mass is 254 g/mol. The van der Waals surface area contributed by atoms with Crippen LogP contribution in [0.4, 0.5) is 22.9 Å². The third kappa shape index (κ3) is 1.79. The van der Waals surface area contributed by atoms with Crippen LogP contribution >= 0.6 is 0 Å². The summed E-state index contributed by atoms with van der Waals surface area (Å²) >= 11 is 0. The minimum Gasteiger partial charge on any atom is -0.399 e. The van der Waals surface area contributed by atoms with Crippen molar-refractivity contribution in [3.63, 3.8) is 0 Å². The maximum atomic E-state index is 12.2. The predicted molar refractivity (Wildman–Crippen MR) is 75.1 cm³/mol. The number of pyridine rings is 1. The zero-order valence-electron chi connectivity index (χ0n) is 10.6. The molecule has 0 bridgehead atoms. The highest BCUT2D eigenvalue weighted by molar-refractivity contribution is 6.06. The first-order valence-electron chi connectivity index (χ1n) is 6.01. The number of rotatable bonds is 1. The molecule has 19 heavy (non-hydrogen) atoms. The molecule has 2 heterocycles. The predicted octanol–water partition coefficient (Wildman–Crippen LogP) is 1.78. The summed E-state index contributed by atoms with van der Waals surface area (Å²) in [6, 6.07) is 8.99. The molecule has 1 aliphatic rings. The number of aromatic nitrogens is 1. The maximum Gasteiger partial charge on any atom is 0.237 e. The number of aryl methyl sites for hydroxylation is 1. The van der Waals surface area contributed by atoms with Gasteiger partial charge in [-0.2, -0.15) is 0 Å². The Morgan fingerprint density at radius 2 is 2.00 bits per heavy atom. The van der Waals surface area contributed by atoms with E-state index in [1.807, 2.05) is 19.1 Å². The average Bonchev–Trinajstić information content (AvgIpc) is 2.68. The molecule has 4 N–H and O–H groups in total. The molecular formula is C14H14N4O. The molecule has 5 nitrogen and oxygen atoms in total. The average molecular weight is 254 g/mol. The molecule has 0 aliphatic carbocycles. The Hall–Kier alpha value is -2.56. The van der Waals surface area contributed by atoms with E-state index in [2.05, 4.69) is 4.98 Å². The van der Waals surface area contributed by atoms with E-state index in [1.54, 1.807) is 23.1 Å². The van der Waals surface area contributed by atoms with Crippen LogP contribution in [-0.2, 0) is 11.2 Å². The molecule has 0 saturated carbocycles. The van der Waals surface area contributed by atoms with Crippen LogP contribution in [0.25, 0.3) is 0 Å². The molecule has 1 amide bonds. The molecule has 0 fully saturated rings. The van der Waals surface area contributed by atoms with Crippen molar-refractivity contribution in [2.45, 2.75) is 13.3 Å². The van der Waals surface area contributed by atoms with Crippen molar-refractivity contribution in [2.75, 3.05) is 16.4 Å². The number of nitrogens with two attached hydrogens (primary N) is 2. The number of nitrogen functional groups attached to an aromatic ring is 2. The number of nitrogens with zero attached hydrogens (tertiary/aromatic N) is 2. The van der Waals surface area contributed by atoms with Crippen LogP contribution in [0.3, 0.4) is 0 Å². The minimum absolute atomic E-state index is 0.00253. The van der Waals surface area contributed by atoms with Crippen LogP contribution in [0.1, 0.15) is 11.3 Å². The second kappa shape index (κ2) is 3.98. The topological polar surface area (TPSA) is 85.2 Å². The summed E-state index contributed by atoms with van der Waals surface area (Å²) in [7, 11) is 0. The van der Waals surface area contributed by atoms with Gasteiger partial charge in [0, 0.05) is 5.69 Å². The zero-order valence-corrected chi connectivity index (χ0v) is 10.6. The van der Waals surface area contributed by atoms with Crippen molar-refractivity contribution >= 4 is 28.8 Å². The van der Waals surface area contributed by atoms with Gasteiger partial charge in [-0.25, -0.2) is 4.98 Å². The number of benzene rings is 1. The Bertz CT molecular complexity index is 681. The Morgan fingerprint density at radius 3 is 2.74 bits per heavy atom. The highest BCUT2D eigenvalue weighted by atomic mass is 16.2. The van der Waals surface area contributed by atoms with Gasteiger partial charge in [0.15, 0.2) is 0 Å². The first-order chi connectivity index (χ1) is 9.06. The van der Waals surface area contributed by atoms with Gasteiger partial charge in [-0.05, 0) is 42.8 Å². The van der Waals surface area contributed by atoms with Crippen molar-refractivity contribution in [3.05, 3.63) is 41.6 Å². The van der Waals surface area contributed by atoms with E-state index in [0.717, 1.165) is 11.3 Å². The third-order valence-corrected chi connectivity index (χ3v) is 3.28. The van der Waals surface area contributed by atoms with Crippen molar-refractivity contribution in [1.82, 2.24) is 4.98 Å². The van der Waals surface area contributed by atoms with E-state index in [0.29, 0.717) is 29.3 Å². The summed E-state index contributed by atoms with van der Waals surface area (Å²) in [5.74, 6) is 0.595. The normalized spacial score (nSPS) is 13.7. The van der Waals surface area contributed by atoms with Gasteiger partial charge in [0.05, 0.1) is 23.5 Å². The highest BCUT2D eigenvalue weighted by Crippen LogP contribution is 2.35. The number of hydrogen-bond acceptors (Lipinski definition) is 4. The first-order valence-corrected chi connectivity index (χ1v) is 6.01. The van der Waals surface area contributed by atoms with Gasteiger partial charge in [-0.3, -0.25) is 9.69 Å². The molecule has 5 heteroatoms. The Kier molecular flexibility index (Phi) is 2.41. The van der Waals surface area contributed by atoms with E-state index < -0.39 is 0 Å². The number of hydrogen-bond donors (Lipinski definition) is 2. The van der Waals surface area contributed by atoms with Gasteiger partial charge in [0.2, 0.25) is 5.91 Å². The smallest absolute Gasteiger partial charge is 0.237 e. The first kappa shape index (κ1) is 11.5. The van der Waals surface area contributed by atoms with Crippen LogP contribution in [-0.4, -0.2) is 10.9 Å². The quantitative estimate of drug-likeness (QED) is 0.759. The maximum absolute atomic E-state index is 12.2. The molecule has 0 spiro atoms. The van der Waals surface area contributed by atoms with Crippen LogP contribution in [0.5, 0.6) is 0 Å². The van der Waals surface area contributed by atoms with E-state index >= 15 is 0 Å². The summed E-state index contributed by atoms with van der Waals surface area (Å²) in [5.41, 5.74) is 15.3. The van der Waals surface area contributed by atoms with Gasteiger partial charge in [0.1, 0.15) is 5.82 Å². The lowest BCUT2D eigenvalue weighted by Crippen LogP contribution is -2.22. The van der Waals surface area contributed by atoms with Crippen LogP contribution in [0.2, 0.25) is 0 Å². The molecule has 3 rings (SSSR count). The fraction of sp³-hybridized carbons (Fsp3) is 0.143. The summed E-state index contributed by atoms with van der Waals surface area (Å²) < 4.78 is 0. The molecule has 2 aromatic rings. The van der Waals surface area contributed by atoms with Gasteiger partial charge < -0.3 is 11.5 Å².